The lowest BCUT2D eigenvalue weighted by Gasteiger charge is -2.41. The molecule has 0 N–H and O–H groups in total. The minimum absolute atomic E-state index is 0.146. The maximum Gasteiger partial charge on any atom is 0.101 e. The van der Waals surface area contributed by atoms with E-state index in [-0.39, 0.29) is 11.2 Å². The lowest BCUT2D eigenvalue weighted by atomic mass is 9.78. The third kappa shape index (κ3) is 4.21. The molecule has 2 heteroatoms. The zero-order valence-corrected chi connectivity index (χ0v) is 14.0. The van der Waals surface area contributed by atoms with Crippen molar-refractivity contribution in [2.45, 2.75) is 103 Å². The molecule has 2 aliphatic carbocycles. The molecule has 0 bridgehead atoms. The lowest BCUT2D eigenvalue weighted by Crippen LogP contribution is -2.42. The largest absolute Gasteiger partial charge is 0.230 e. The Morgan fingerprint density at radius 1 is 0.550 bits per heavy atom. The van der Waals surface area contributed by atoms with Gasteiger partial charge in [0.1, 0.15) is 11.2 Å². The van der Waals surface area contributed by atoms with E-state index in [0.717, 1.165) is 0 Å². The van der Waals surface area contributed by atoms with E-state index in [1.54, 1.807) is 0 Å². The highest BCUT2D eigenvalue weighted by molar-refractivity contribution is 4.83. The molecule has 0 aromatic rings. The van der Waals surface area contributed by atoms with Crippen molar-refractivity contribution < 1.29 is 9.78 Å². The van der Waals surface area contributed by atoms with E-state index in [4.69, 9.17) is 9.78 Å². The van der Waals surface area contributed by atoms with Crippen LogP contribution in [0.4, 0.5) is 0 Å². The second-order valence-electron chi connectivity index (χ2n) is 8.04. The van der Waals surface area contributed by atoms with Crippen molar-refractivity contribution in [2.24, 2.45) is 11.8 Å². The molecule has 2 rings (SSSR count). The van der Waals surface area contributed by atoms with Crippen LogP contribution in [-0.2, 0) is 9.78 Å². The van der Waals surface area contributed by atoms with Crippen LogP contribution in [0.25, 0.3) is 0 Å². The average Bonchev–Trinajstić information content (AvgIpc) is 2.47. The molecule has 20 heavy (non-hydrogen) atoms. The first-order chi connectivity index (χ1) is 9.42. The van der Waals surface area contributed by atoms with Gasteiger partial charge in [-0.1, -0.05) is 38.5 Å². The summed E-state index contributed by atoms with van der Waals surface area (Å²) in [6.45, 7) is 8.83. The van der Waals surface area contributed by atoms with E-state index in [1.807, 2.05) is 0 Å². The van der Waals surface area contributed by atoms with E-state index >= 15 is 0 Å². The normalized spacial score (nSPS) is 24.0. The number of rotatable bonds is 5. The van der Waals surface area contributed by atoms with Gasteiger partial charge in [0, 0.05) is 0 Å². The van der Waals surface area contributed by atoms with E-state index in [2.05, 4.69) is 27.7 Å². The third-order valence-corrected chi connectivity index (χ3v) is 5.65. The predicted molar refractivity (Wildman–Crippen MR) is 83.5 cm³/mol. The molecule has 0 atom stereocenters. The van der Waals surface area contributed by atoms with Crippen LogP contribution >= 0.6 is 0 Å². The van der Waals surface area contributed by atoms with Crippen molar-refractivity contribution in [3.05, 3.63) is 0 Å². The zero-order valence-electron chi connectivity index (χ0n) is 14.0. The Labute approximate surface area is 125 Å². The van der Waals surface area contributed by atoms with Crippen molar-refractivity contribution in [1.29, 1.82) is 0 Å². The predicted octanol–water partition coefficient (Wildman–Crippen LogP) is 5.65. The minimum Gasteiger partial charge on any atom is -0.230 e. The quantitative estimate of drug-likeness (QED) is 0.479. The number of hydrogen-bond donors (Lipinski definition) is 0. The summed E-state index contributed by atoms with van der Waals surface area (Å²) in [5, 5.41) is 0. The molecule has 0 aliphatic heterocycles. The Balaban J connectivity index is 1.85. The Kier molecular flexibility index (Phi) is 5.53. The molecule has 0 unspecified atom stereocenters. The highest BCUT2D eigenvalue weighted by Crippen LogP contribution is 2.39. The molecule has 118 valence electrons. The minimum atomic E-state index is -0.146. The maximum absolute atomic E-state index is 5.99. The smallest absolute Gasteiger partial charge is 0.101 e. The summed E-state index contributed by atoms with van der Waals surface area (Å²) in [5.41, 5.74) is -0.293. The molecule has 0 heterocycles. The molecular formula is C18H34O2. The second-order valence-corrected chi connectivity index (χ2v) is 8.04. The van der Waals surface area contributed by atoms with Crippen molar-refractivity contribution in [1.82, 2.24) is 0 Å². The standard InChI is InChI=1S/C18H34O2/c1-17(2,15-11-7-5-8-12-15)19-20-18(3,4)16-13-9-6-10-14-16/h15-16H,5-14H2,1-4H3. The van der Waals surface area contributed by atoms with Gasteiger partial charge in [-0.2, -0.15) is 0 Å². The molecule has 0 aromatic heterocycles. The fourth-order valence-electron chi connectivity index (χ4n) is 3.95. The van der Waals surface area contributed by atoms with Crippen LogP contribution in [0.2, 0.25) is 0 Å². The third-order valence-electron chi connectivity index (χ3n) is 5.65. The van der Waals surface area contributed by atoms with E-state index < -0.39 is 0 Å². The molecule has 0 spiro atoms. The van der Waals surface area contributed by atoms with Gasteiger partial charge in [-0.25, -0.2) is 9.78 Å². The van der Waals surface area contributed by atoms with Crippen molar-refractivity contribution in [2.75, 3.05) is 0 Å². The topological polar surface area (TPSA) is 18.5 Å². The fourth-order valence-corrected chi connectivity index (χ4v) is 3.95. The molecule has 2 nitrogen and oxygen atoms in total. The monoisotopic (exact) mass is 282 g/mol. The van der Waals surface area contributed by atoms with Gasteiger partial charge >= 0.3 is 0 Å². The SMILES string of the molecule is CC(C)(OOC(C)(C)C1CCCCC1)C1CCCCC1. The molecular weight excluding hydrogens is 248 g/mol. The molecule has 2 saturated carbocycles. The van der Waals surface area contributed by atoms with Gasteiger partial charge in [-0.15, -0.1) is 0 Å². The van der Waals surface area contributed by atoms with Crippen LogP contribution < -0.4 is 0 Å². The second kappa shape index (κ2) is 6.79. The first-order valence-electron chi connectivity index (χ1n) is 8.79. The Morgan fingerprint density at radius 3 is 1.15 bits per heavy atom. The van der Waals surface area contributed by atoms with Crippen LogP contribution in [0, 0.1) is 11.8 Å². The summed E-state index contributed by atoms with van der Waals surface area (Å²) in [5.74, 6) is 1.30. The maximum atomic E-state index is 5.99. The van der Waals surface area contributed by atoms with Crippen molar-refractivity contribution in [3.63, 3.8) is 0 Å². The number of hydrogen-bond acceptors (Lipinski definition) is 2. The lowest BCUT2D eigenvalue weighted by molar-refractivity contribution is -0.419. The van der Waals surface area contributed by atoms with Gasteiger partial charge in [0.25, 0.3) is 0 Å². The van der Waals surface area contributed by atoms with E-state index in [9.17, 15) is 0 Å². The van der Waals surface area contributed by atoms with Gasteiger partial charge < -0.3 is 0 Å². The highest BCUT2D eigenvalue weighted by Gasteiger charge is 2.38. The van der Waals surface area contributed by atoms with E-state index in [0.29, 0.717) is 11.8 Å². The van der Waals surface area contributed by atoms with Crippen LogP contribution in [0.15, 0.2) is 0 Å². The first-order valence-corrected chi connectivity index (χ1v) is 8.79. The molecule has 2 aliphatic rings. The first kappa shape index (κ1) is 16.3. The van der Waals surface area contributed by atoms with Crippen LogP contribution in [0.5, 0.6) is 0 Å². The Hall–Kier alpha value is -0.0800. The Morgan fingerprint density at radius 2 is 0.850 bits per heavy atom. The molecule has 2 fully saturated rings. The van der Waals surface area contributed by atoms with Crippen molar-refractivity contribution in [3.8, 4) is 0 Å². The summed E-state index contributed by atoms with van der Waals surface area (Å²) in [7, 11) is 0. The summed E-state index contributed by atoms with van der Waals surface area (Å²) in [6.07, 6.45) is 13.3. The summed E-state index contributed by atoms with van der Waals surface area (Å²) in [4.78, 5) is 12.0. The fraction of sp³-hybridized carbons (Fsp3) is 1.00. The molecule has 0 aromatic carbocycles. The van der Waals surface area contributed by atoms with Gasteiger partial charge in [-0.3, -0.25) is 0 Å². The summed E-state index contributed by atoms with van der Waals surface area (Å²) in [6, 6.07) is 0. The summed E-state index contributed by atoms with van der Waals surface area (Å²) >= 11 is 0. The van der Waals surface area contributed by atoms with E-state index in [1.165, 1.54) is 64.2 Å². The van der Waals surface area contributed by atoms with Crippen LogP contribution in [-0.4, -0.2) is 11.2 Å². The van der Waals surface area contributed by atoms with Gasteiger partial charge in [0.05, 0.1) is 0 Å². The van der Waals surface area contributed by atoms with Crippen LogP contribution in [0.1, 0.15) is 91.9 Å². The average molecular weight is 282 g/mol. The van der Waals surface area contributed by atoms with Gasteiger partial charge in [-0.05, 0) is 65.2 Å². The zero-order chi connectivity index (χ0) is 14.6. The van der Waals surface area contributed by atoms with Crippen molar-refractivity contribution >= 4 is 0 Å². The summed E-state index contributed by atoms with van der Waals surface area (Å²) < 4.78 is 0. The molecule has 0 amide bonds. The highest BCUT2D eigenvalue weighted by atomic mass is 17.2. The molecule has 0 radical (unpaired) electrons. The van der Waals surface area contributed by atoms with Gasteiger partial charge in [0.2, 0.25) is 0 Å². The van der Waals surface area contributed by atoms with Gasteiger partial charge in [0.15, 0.2) is 0 Å². The molecule has 0 saturated heterocycles. The van der Waals surface area contributed by atoms with Crippen LogP contribution in [0.3, 0.4) is 0 Å². The Bertz CT molecular complexity index is 254.